The average Bonchev–Trinajstić information content (AvgIpc) is 2.56. The van der Waals surface area contributed by atoms with Gasteiger partial charge in [-0.15, -0.1) is 0 Å². The monoisotopic (exact) mass is 232 g/mol. The first kappa shape index (κ1) is 12.3. The van der Waals surface area contributed by atoms with Crippen LogP contribution in [-0.2, 0) is 18.9 Å². The van der Waals surface area contributed by atoms with Crippen molar-refractivity contribution in [2.45, 2.75) is 57.1 Å². The first-order chi connectivity index (χ1) is 7.42. The van der Waals surface area contributed by atoms with E-state index in [1.54, 1.807) is 7.11 Å². The zero-order chi connectivity index (χ0) is 12.0. The minimum absolute atomic E-state index is 0.211. The number of fused-ring (bicyclic) bond motifs is 1. The van der Waals surface area contributed by atoms with Crippen LogP contribution in [0.5, 0.6) is 0 Å². The highest BCUT2D eigenvalue weighted by molar-refractivity contribution is 5.00. The fourth-order valence-electron chi connectivity index (χ4n) is 2.31. The maximum absolute atomic E-state index is 10.4. The lowest BCUT2D eigenvalue weighted by molar-refractivity contribution is -0.265. The van der Waals surface area contributed by atoms with Crippen LogP contribution in [0.2, 0.25) is 0 Å². The molecule has 94 valence electrons. The quantitative estimate of drug-likeness (QED) is 0.757. The van der Waals surface area contributed by atoms with E-state index in [9.17, 15) is 5.11 Å². The van der Waals surface area contributed by atoms with Crippen LogP contribution < -0.4 is 0 Å². The van der Waals surface area contributed by atoms with Crippen LogP contribution >= 0.6 is 0 Å². The molecule has 0 unspecified atom stereocenters. The molecule has 2 aliphatic heterocycles. The predicted octanol–water partition coefficient (Wildman–Crippen LogP) is 0.650. The Hall–Kier alpha value is -0.200. The Morgan fingerprint density at radius 2 is 2.06 bits per heavy atom. The molecule has 0 aromatic carbocycles. The van der Waals surface area contributed by atoms with E-state index in [2.05, 4.69) is 0 Å². The summed E-state index contributed by atoms with van der Waals surface area (Å²) in [4.78, 5) is 0. The highest BCUT2D eigenvalue weighted by atomic mass is 16.8. The predicted molar refractivity (Wildman–Crippen MR) is 55.8 cm³/mol. The smallest absolute Gasteiger partial charge is 0.186 e. The first-order valence-corrected chi connectivity index (χ1v) is 5.64. The SMILES string of the molecule is CC[C@@]1(O)CO[C@@H](OC)[C@@H]2OC(C)(C)O[C@@H]21. The van der Waals surface area contributed by atoms with Gasteiger partial charge in [0.2, 0.25) is 0 Å². The molecule has 0 saturated carbocycles. The molecule has 2 rings (SSSR count). The summed E-state index contributed by atoms with van der Waals surface area (Å²) in [5.74, 6) is -0.705. The third kappa shape index (κ3) is 1.87. The number of methoxy groups -OCH3 is 1. The van der Waals surface area contributed by atoms with E-state index in [0.29, 0.717) is 6.42 Å². The molecule has 0 aromatic rings. The maximum atomic E-state index is 10.4. The van der Waals surface area contributed by atoms with Crippen LogP contribution in [0.4, 0.5) is 0 Å². The third-order valence-electron chi connectivity index (χ3n) is 3.27. The molecule has 4 atom stereocenters. The Labute approximate surface area is 95.6 Å². The second kappa shape index (κ2) is 3.92. The molecule has 0 radical (unpaired) electrons. The fourth-order valence-corrected chi connectivity index (χ4v) is 2.31. The van der Waals surface area contributed by atoms with Crippen LogP contribution in [0.25, 0.3) is 0 Å². The van der Waals surface area contributed by atoms with Gasteiger partial charge < -0.3 is 24.1 Å². The van der Waals surface area contributed by atoms with Gasteiger partial charge in [0.1, 0.15) is 17.8 Å². The number of hydrogen-bond donors (Lipinski definition) is 1. The van der Waals surface area contributed by atoms with Gasteiger partial charge in [-0.3, -0.25) is 0 Å². The van der Waals surface area contributed by atoms with Gasteiger partial charge >= 0.3 is 0 Å². The average molecular weight is 232 g/mol. The topological polar surface area (TPSA) is 57.2 Å². The number of hydrogen-bond acceptors (Lipinski definition) is 5. The van der Waals surface area contributed by atoms with Crippen molar-refractivity contribution in [1.29, 1.82) is 0 Å². The van der Waals surface area contributed by atoms with Gasteiger partial charge in [0.05, 0.1) is 6.61 Å². The molecule has 0 aromatic heterocycles. The summed E-state index contributed by atoms with van der Waals surface area (Å²) in [7, 11) is 1.56. The van der Waals surface area contributed by atoms with E-state index >= 15 is 0 Å². The van der Waals surface area contributed by atoms with Crippen LogP contribution in [0.3, 0.4) is 0 Å². The van der Waals surface area contributed by atoms with Crippen LogP contribution in [0.1, 0.15) is 27.2 Å². The van der Waals surface area contributed by atoms with E-state index in [-0.39, 0.29) is 12.7 Å². The minimum atomic E-state index is -0.993. The van der Waals surface area contributed by atoms with Gasteiger partial charge in [-0.25, -0.2) is 0 Å². The highest BCUT2D eigenvalue weighted by Crippen LogP contribution is 2.40. The lowest BCUT2D eigenvalue weighted by atomic mass is 9.88. The molecule has 16 heavy (non-hydrogen) atoms. The van der Waals surface area contributed by atoms with E-state index in [0.717, 1.165) is 0 Å². The van der Waals surface area contributed by atoms with Gasteiger partial charge in [-0.1, -0.05) is 6.92 Å². The van der Waals surface area contributed by atoms with Gasteiger partial charge in [-0.2, -0.15) is 0 Å². The normalized spacial score (nSPS) is 46.7. The molecule has 5 heteroatoms. The summed E-state index contributed by atoms with van der Waals surface area (Å²) < 4.78 is 22.1. The van der Waals surface area contributed by atoms with Crippen molar-refractivity contribution in [3.05, 3.63) is 0 Å². The summed E-state index contributed by atoms with van der Waals surface area (Å²) in [6, 6.07) is 0. The molecule has 2 saturated heterocycles. The van der Waals surface area contributed by atoms with Gasteiger partial charge in [0, 0.05) is 7.11 Å². The summed E-state index contributed by atoms with van der Waals surface area (Å²) in [5.41, 5.74) is -0.993. The Kier molecular flexibility index (Phi) is 3.01. The Balaban J connectivity index is 2.23. The van der Waals surface area contributed by atoms with Gasteiger partial charge in [0.15, 0.2) is 12.1 Å². The maximum Gasteiger partial charge on any atom is 0.186 e. The second-order valence-corrected chi connectivity index (χ2v) is 4.89. The highest BCUT2D eigenvalue weighted by Gasteiger charge is 2.57. The van der Waals surface area contributed by atoms with Crippen molar-refractivity contribution in [3.63, 3.8) is 0 Å². The van der Waals surface area contributed by atoms with Crippen molar-refractivity contribution in [2.75, 3.05) is 13.7 Å². The number of ether oxygens (including phenoxy) is 4. The Morgan fingerprint density at radius 1 is 1.38 bits per heavy atom. The van der Waals surface area contributed by atoms with E-state index in [4.69, 9.17) is 18.9 Å². The van der Waals surface area contributed by atoms with Crippen molar-refractivity contribution >= 4 is 0 Å². The number of rotatable bonds is 2. The summed E-state index contributed by atoms with van der Waals surface area (Å²) in [6.07, 6.45) is -0.687. The molecule has 2 aliphatic rings. The third-order valence-corrected chi connectivity index (χ3v) is 3.27. The molecule has 0 aliphatic carbocycles. The molecule has 5 nitrogen and oxygen atoms in total. The zero-order valence-electron chi connectivity index (χ0n) is 10.2. The van der Waals surface area contributed by atoms with Crippen LogP contribution in [0, 0.1) is 0 Å². The van der Waals surface area contributed by atoms with Crippen LogP contribution in [-0.4, -0.2) is 48.7 Å². The van der Waals surface area contributed by atoms with E-state index in [1.807, 2.05) is 20.8 Å². The van der Waals surface area contributed by atoms with Crippen molar-refractivity contribution < 1.29 is 24.1 Å². The first-order valence-electron chi connectivity index (χ1n) is 5.64. The Morgan fingerprint density at radius 3 is 2.62 bits per heavy atom. The standard InChI is InChI=1S/C11H20O5/c1-5-11(12)6-14-9(13-4)7-8(11)16-10(2,3)15-7/h7-9,12H,5-6H2,1-4H3/t7-,8+,9-,11-/m1/s1. The molecule has 2 fully saturated rings. The van der Waals surface area contributed by atoms with Crippen molar-refractivity contribution in [1.82, 2.24) is 0 Å². The molecule has 0 bridgehead atoms. The van der Waals surface area contributed by atoms with Gasteiger partial charge in [0.25, 0.3) is 0 Å². The van der Waals surface area contributed by atoms with Gasteiger partial charge in [-0.05, 0) is 20.3 Å². The Bertz CT molecular complexity index is 267. The second-order valence-electron chi connectivity index (χ2n) is 4.89. The fraction of sp³-hybridized carbons (Fsp3) is 1.00. The molecular formula is C11H20O5. The molecule has 2 heterocycles. The van der Waals surface area contributed by atoms with E-state index < -0.39 is 23.8 Å². The molecule has 0 amide bonds. The van der Waals surface area contributed by atoms with Crippen molar-refractivity contribution in [3.8, 4) is 0 Å². The lowest BCUT2D eigenvalue weighted by Gasteiger charge is -2.41. The van der Waals surface area contributed by atoms with Crippen LogP contribution in [0.15, 0.2) is 0 Å². The van der Waals surface area contributed by atoms with E-state index in [1.165, 1.54) is 0 Å². The number of aliphatic hydroxyl groups is 1. The largest absolute Gasteiger partial charge is 0.385 e. The summed E-state index contributed by atoms with van der Waals surface area (Å²) in [6.45, 7) is 5.77. The molecule has 1 N–H and O–H groups in total. The summed E-state index contributed by atoms with van der Waals surface area (Å²) >= 11 is 0. The molecular weight excluding hydrogens is 212 g/mol. The van der Waals surface area contributed by atoms with Crippen molar-refractivity contribution in [2.24, 2.45) is 0 Å². The summed E-state index contributed by atoms with van der Waals surface area (Å²) in [5, 5.41) is 10.4. The molecule has 0 spiro atoms. The zero-order valence-corrected chi connectivity index (χ0v) is 10.2. The minimum Gasteiger partial charge on any atom is -0.385 e. The lowest BCUT2D eigenvalue weighted by Crippen LogP contribution is -2.60.